The predicted octanol–water partition coefficient (Wildman–Crippen LogP) is 5.24. The zero-order valence-electron chi connectivity index (χ0n) is 10.7. The first kappa shape index (κ1) is 12.9. The van der Waals surface area contributed by atoms with Crippen LogP contribution in [-0.4, -0.2) is 0 Å². The van der Waals surface area contributed by atoms with Crippen molar-refractivity contribution in [2.75, 3.05) is 5.32 Å². The highest BCUT2D eigenvalue weighted by Crippen LogP contribution is 2.22. The summed E-state index contributed by atoms with van der Waals surface area (Å²) in [6.45, 7) is 0.495. The Labute approximate surface area is 122 Å². The summed E-state index contributed by atoms with van der Waals surface area (Å²) in [6, 6.07) is 19.2. The van der Waals surface area contributed by atoms with Crippen LogP contribution in [0.2, 0.25) is 5.02 Å². The highest BCUT2D eigenvalue weighted by Gasteiger charge is 2.05. The lowest BCUT2D eigenvalue weighted by Gasteiger charge is -2.09. The Hall–Kier alpha value is -2.06. The maximum Gasteiger partial charge on any atom is 0.142 e. The van der Waals surface area contributed by atoms with Gasteiger partial charge in [0.1, 0.15) is 5.82 Å². The number of nitrogens with one attached hydrogen (secondary N) is 1. The van der Waals surface area contributed by atoms with Crippen LogP contribution in [0.5, 0.6) is 0 Å². The summed E-state index contributed by atoms with van der Waals surface area (Å²) in [5.74, 6) is -0.385. The summed E-state index contributed by atoms with van der Waals surface area (Å²) in [6.07, 6.45) is 0. The predicted molar refractivity (Wildman–Crippen MR) is 82.7 cm³/mol. The van der Waals surface area contributed by atoms with Gasteiger partial charge in [-0.25, -0.2) is 4.39 Å². The summed E-state index contributed by atoms with van der Waals surface area (Å²) >= 11 is 5.94. The summed E-state index contributed by atoms with van der Waals surface area (Å²) in [5, 5.41) is 5.82. The Bertz CT molecular complexity index is 755. The van der Waals surface area contributed by atoms with Crippen molar-refractivity contribution >= 4 is 28.1 Å². The van der Waals surface area contributed by atoms with Gasteiger partial charge in [0.2, 0.25) is 0 Å². The van der Waals surface area contributed by atoms with Crippen molar-refractivity contribution in [2.45, 2.75) is 6.54 Å². The van der Waals surface area contributed by atoms with Gasteiger partial charge in [0.15, 0.2) is 0 Å². The molecule has 0 saturated heterocycles. The summed E-state index contributed by atoms with van der Waals surface area (Å²) in [7, 11) is 0. The first-order valence-electron chi connectivity index (χ1n) is 6.39. The standard InChI is InChI=1S/C17H13ClFN/c18-17-14(6-3-7-16(17)19)11-20-15-9-8-12-4-1-2-5-13(12)10-15/h1-10,20H,11H2. The molecule has 3 aromatic carbocycles. The average molecular weight is 286 g/mol. The number of benzene rings is 3. The third-order valence-corrected chi connectivity index (χ3v) is 3.69. The smallest absolute Gasteiger partial charge is 0.142 e. The fourth-order valence-electron chi connectivity index (χ4n) is 2.18. The Balaban J connectivity index is 1.81. The van der Waals surface area contributed by atoms with Gasteiger partial charge in [-0.3, -0.25) is 0 Å². The summed E-state index contributed by atoms with van der Waals surface area (Å²) in [4.78, 5) is 0. The lowest BCUT2D eigenvalue weighted by atomic mass is 10.1. The van der Waals surface area contributed by atoms with Gasteiger partial charge >= 0.3 is 0 Å². The maximum absolute atomic E-state index is 13.4. The molecule has 0 amide bonds. The minimum Gasteiger partial charge on any atom is -0.381 e. The molecule has 0 fully saturated rings. The van der Waals surface area contributed by atoms with E-state index in [1.807, 2.05) is 24.3 Å². The Morgan fingerprint density at radius 1 is 0.900 bits per heavy atom. The fraction of sp³-hybridized carbons (Fsp3) is 0.0588. The minimum absolute atomic E-state index is 0.181. The SMILES string of the molecule is Fc1cccc(CNc2ccc3ccccc3c2)c1Cl. The van der Waals surface area contributed by atoms with Gasteiger partial charge < -0.3 is 5.32 Å². The molecule has 1 nitrogen and oxygen atoms in total. The molecule has 0 unspecified atom stereocenters. The molecule has 0 heterocycles. The topological polar surface area (TPSA) is 12.0 Å². The van der Waals surface area contributed by atoms with E-state index in [1.165, 1.54) is 16.8 Å². The molecule has 1 N–H and O–H groups in total. The number of hydrogen-bond donors (Lipinski definition) is 1. The van der Waals surface area contributed by atoms with Gasteiger partial charge in [0.05, 0.1) is 5.02 Å². The number of fused-ring (bicyclic) bond motifs is 1. The lowest BCUT2D eigenvalue weighted by Crippen LogP contribution is -2.00. The normalized spacial score (nSPS) is 10.7. The first-order valence-corrected chi connectivity index (χ1v) is 6.77. The molecule has 0 spiro atoms. The molecular formula is C17H13ClFN. The van der Waals surface area contributed by atoms with E-state index >= 15 is 0 Å². The molecule has 0 saturated carbocycles. The van der Waals surface area contributed by atoms with E-state index < -0.39 is 0 Å². The number of halogens is 2. The zero-order chi connectivity index (χ0) is 13.9. The Morgan fingerprint density at radius 3 is 2.55 bits per heavy atom. The monoisotopic (exact) mass is 285 g/mol. The average Bonchev–Trinajstić information content (AvgIpc) is 2.48. The minimum atomic E-state index is -0.385. The molecule has 0 aliphatic rings. The largest absolute Gasteiger partial charge is 0.381 e. The van der Waals surface area contributed by atoms with Crippen molar-refractivity contribution < 1.29 is 4.39 Å². The molecule has 20 heavy (non-hydrogen) atoms. The van der Waals surface area contributed by atoms with E-state index in [-0.39, 0.29) is 10.8 Å². The quantitative estimate of drug-likeness (QED) is 0.693. The number of anilines is 1. The second-order valence-electron chi connectivity index (χ2n) is 4.63. The van der Waals surface area contributed by atoms with Crippen LogP contribution in [0.1, 0.15) is 5.56 Å². The van der Waals surface area contributed by atoms with E-state index in [0.717, 1.165) is 11.3 Å². The van der Waals surface area contributed by atoms with Crippen molar-refractivity contribution in [3.8, 4) is 0 Å². The van der Waals surface area contributed by atoms with Crippen LogP contribution in [0, 0.1) is 5.82 Å². The first-order chi connectivity index (χ1) is 9.74. The van der Waals surface area contributed by atoms with Crippen molar-refractivity contribution in [1.82, 2.24) is 0 Å². The second kappa shape index (κ2) is 5.51. The van der Waals surface area contributed by atoms with Gasteiger partial charge in [-0.2, -0.15) is 0 Å². The summed E-state index contributed by atoms with van der Waals surface area (Å²) in [5.41, 5.74) is 1.74. The van der Waals surface area contributed by atoms with E-state index in [0.29, 0.717) is 6.54 Å². The molecule has 0 radical (unpaired) electrons. The van der Waals surface area contributed by atoms with E-state index in [1.54, 1.807) is 6.07 Å². The van der Waals surface area contributed by atoms with Gasteiger partial charge in [-0.1, -0.05) is 54.1 Å². The molecule has 3 rings (SSSR count). The molecule has 0 aliphatic carbocycles. The van der Waals surface area contributed by atoms with E-state index in [4.69, 9.17) is 11.6 Å². The molecule has 0 atom stereocenters. The van der Waals surface area contributed by atoms with Crippen molar-refractivity contribution in [2.24, 2.45) is 0 Å². The van der Waals surface area contributed by atoms with Crippen LogP contribution in [-0.2, 0) is 6.54 Å². The van der Waals surface area contributed by atoms with E-state index in [2.05, 4.69) is 29.6 Å². The summed E-state index contributed by atoms with van der Waals surface area (Å²) < 4.78 is 13.4. The van der Waals surface area contributed by atoms with Gasteiger partial charge in [0, 0.05) is 12.2 Å². The molecule has 3 heteroatoms. The highest BCUT2D eigenvalue weighted by atomic mass is 35.5. The third-order valence-electron chi connectivity index (χ3n) is 3.26. The Kier molecular flexibility index (Phi) is 3.57. The van der Waals surface area contributed by atoms with Crippen LogP contribution in [0.4, 0.5) is 10.1 Å². The van der Waals surface area contributed by atoms with Crippen molar-refractivity contribution in [3.63, 3.8) is 0 Å². The molecule has 0 aromatic heterocycles. The third kappa shape index (κ3) is 2.61. The van der Waals surface area contributed by atoms with Crippen molar-refractivity contribution in [3.05, 3.63) is 77.1 Å². The zero-order valence-corrected chi connectivity index (χ0v) is 11.5. The number of hydrogen-bond acceptors (Lipinski definition) is 1. The van der Waals surface area contributed by atoms with Crippen LogP contribution in [0.3, 0.4) is 0 Å². The van der Waals surface area contributed by atoms with Crippen LogP contribution in [0.15, 0.2) is 60.7 Å². The van der Waals surface area contributed by atoms with Gasteiger partial charge in [-0.15, -0.1) is 0 Å². The molecular weight excluding hydrogens is 273 g/mol. The fourth-order valence-corrected chi connectivity index (χ4v) is 2.37. The van der Waals surface area contributed by atoms with Crippen LogP contribution < -0.4 is 5.32 Å². The highest BCUT2D eigenvalue weighted by molar-refractivity contribution is 6.31. The maximum atomic E-state index is 13.4. The van der Waals surface area contributed by atoms with Crippen LogP contribution in [0.25, 0.3) is 10.8 Å². The molecule has 100 valence electrons. The molecule has 0 aliphatic heterocycles. The van der Waals surface area contributed by atoms with Gasteiger partial charge in [-0.05, 0) is 34.5 Å². The number of rotatable bonds is 3. The van der Waals surface area contributed by atoms with E-state index in [9.17, 15) is 4.39 Å². The Morgan fingerprint density at radius 2 is 1.70 bits per heavy atom. The van der Waals surface area contributed by atoms with Gasteiger partial charge in [0.25, 0.3) is 0 Å². The van der Waals surface area contributed by atoms with Crippen molar-refractivity contribution in [1.29, 1.82) is 0 Å². The molecule has 3 aromatic rings. The lowest BCUT2D eigenvalue weighted by molar-refractivity contribution is 0.626. The van der Waals surface area contributed by atoms with Crippen LogP contribution >= 0.6 is 11.6 Å². The second-order valence-corrected chi connectivity index (χ2v) is 5.01. The molecule has 0 bridgehead atoms.